The second kappa shape index (κ2) is 9.90. The van der Waals surface area contributed by atoms with E-state index in [0.29, 0.717) is 5.69 Å². The molecular weight excluding hydrogens is 354 g/mol. The molecule has 1 heterocycles. The second-order valence-corrected chi connectivity index (χ2v) is 7.10. The first-order valence-corrected chi connectivity index (χ1v) is 9.69. The van der Waals surface area contributed by atoms with Crippen molar-refractivity contribution in [2.45, 2.75) is 39.0 Å². The molecular formula is C22H27N3O3. The third-order valence-electron chi connectivity index (χ3n) is 4.77. The summed E-state index contributed by atoms with van der Waals surface area (Å²) in [6.45, 7) is 5.05. The van der Waals surface area contributed by atoms with Crippen LogP contribution < -0.4 is 10.6 Å². The topological polar surface area (TPSA) is 70.7 Å². The van der Waals surface area contributed by atoms with E-state index in [1.165, 1.54) is 18.4 Å². The highest BCUT2D eigenvalue weighted by Crippen LogP contribution is 2.15. The van der Waals surface area contributed by atoms with Crippen LogP contribution in [-0.2, 0) is 22.7 Å². The first kappa shape index (κ1) is 19.9. The molecule has 2 amide bonds. The predicted octanol–water partition coefficient (Wildman–Crippen LogP) is 3.54. The van der Waals surface area contributed by atoms with Crippen molar-refractivity contribution in [1.82, 2.24) is 10.2 Å². The predicted molar refractivity (Wildman–Crippen MR) is 109 cm³/mol. The Balaban J connectivity index is 1.42. The Labute approximate surface area is 165 Å². The number of ether oxygens (including phenoxy) is 1. The van der Waals surface area contributed by atoms with E-state index in [9.17, 15) is 9.59 Å². The SMILES string of the molecule is CC(NC(=O)OCc1ccccc1)C(=O)Nc1ccc(CN2CCCC2)cc1. The minimum atomic E-state index is -0.701. The smallest absolute Gasteiger partial charge is 0.408 e. The first-order chi connectivity index (χ1) is 13.6. The molecule has 1 unspecified atom stereocenters. The van der Waals surface area contributed by atoms with Crippen molar-refractivity contribution in [3.8, 4) is 0 Å². The Bertz CT molecular complexity index is 771. The number of benzene rings is 2. The largest absolute Gasteiger partial charge is 0.445 e. The Morgan fingerprint density at radius 3 is 2.36 bits per heavy atom. The van der Waals surface area contributed by atoms with Crippen LogP contribution in [0, 0.1) is 0 Å². The van der Waals surface area contributed by atoms with E-state index in [-0.39, 0.29) is 12.5 Å². The molecule has 1 atom stereocenters. The van der Waals surface area contributed by atoms with E-state index in [4.69, 9.17) is 4.74 Å². The molecule has 1 saturated heterocycles. The summed E-state index contributed by atoms with van der Waals surface area (Å²) in [5.74, 6) is -0.288. The average molecular weight is 381 g/mol. The van der Waals surface area contributed by atoms with Crippen LogP contribution in [0.3, 0.4) is 0 Å². The van der Waals surface area contributed by atoms with Crippen molar-refractivity contribution in [2.24, 2.45) is 0 Å². The fraction of sp³-hybridized carbons (Fsp3) is 0.364. The van der Waals surface area contributed by atoms with Gasteiger partial charge in [0, 0.05) is 12.2 Å². The summed E-state index contributed by atoms with van der Waals surface area (Å²) in [5, 5.41) is 5.37. The Morgan fingerprint density at radius 1 is 1.00 bits per heavy atom. The Morgan fingerprint density at radius 2 is 1.68 bits per heavy atom. The lowest BCUT2D eigenvalue weighted by molar-refractivity contribution is -0.117. The maximum absolute atomic E-state index is 12.3. The van der Waals surface area contributed by atoms with Crippen molar-refractivity contribution in [1.29, 1.82) is 0 Å². The summed E-state index contributed by atoms with van der Waals surface area (Å²) >= 11 is 0. The lowest BCUT2D eigenvalue weighted by Crippen LogP contribution is -2.41. The van der Waals surface area contributed by atoms with Crippen LogP contribution in [0.2, 0.25) is 0 Å². The van der Waals surface area contributed by atoms with E-state index >= 15 is 0 Å². The van der Waals surface area contributed by atoms with Crippen LogP contribution in [0.15, 0.2) is 54.6 Å². The molecule has 1 aliphatic heterocycles. The highest BCUT2D eigenvalue weighted by molar-refractivity contribution is 5.96. The number of amides is 2. The molecule has 2 N–H and O–H groups in total. The monoisotopic (exact) mass is 381 g/mol. The Hall–Kier alpha value is -2.86. The van der Waals surface area contributed by atoms with E-state index in [1.54, 1.807) is 6.92 Å². The van der Waals surface area contributed by atoms with E-state index < -0.39 is 12.1 Å². The zero-order valence-electron chi connectivity index (χ0n) is 16.2. The number of hydrogen-bond donors (Lipinski definition) is 2. The molecule has 148 valence electrons. The normalized spacial score (nSPS) is 15.0. The maximum atomic E-state index is 12.3. The number of carbonyl (C=O) groups is 2. The molecule has 1 aliphatic rings. The van der Waals surface area contributed by atoms with Crippen molar-refractivity contribution in [3.63, 3.8) is 0 Å². The minimum Gasteiger partial charge on any atom is -0.445 e. The van der Waals surface area contributed by atoms with Gasteiger partial charge in [-0.15, -0.1) is 0 Å². The van der Waals surface area contributed by atoms with Gasteiger partial charge >= 0.3 is 6.09 Å². The van der Waals surface area contributed by atoms with Gasteiger partial charge in [-0.25, -0.2) is 4.79 Å². The highest BCUT2D eigenvalue weighted by atomic mass is 16.5. The molecule has 2 aromatic rings. The summed E-state index contributed by atoms with van der Waals surface area (Å²) in [6, 6.07) is 16.5. The van der Waals surface area contributed by atoms with E-state index in [1.807, 2.05) is 54.6 Å². The van der Waals surface area contributed by atoms with E-state index in [0.717, 1.165) is 25.2 Å². The summed E-state index contributed by atoms with van der Waals surface area (Å²) in [6.07, 6.45) is 1.92. The van der Waals surface area contributed by atoms with Crippen LogP contribution in [-0.4, -0.2) is 36.0 Å². The number of hydrogen-bond acceptors (Lipinski definition) is 4. The average Bonchev–Trinajstić information content (AvgIpc) is 3.21. The van der Waals surface area contributed by atoms with E-state index in [2.05, 4.69) is 15.5 Å². The summed E-state index contributed by atoms with van der Waals surface area (Å²) in [7, 11) is 0. The number of nitrogens with one attached hydrogen (secondary N) is 2. The first-order valence-electron chi connectivity index (χ1n) is 9.69. The van der Waals surface area contributed by atoms with Gasteiger partial charge in [0.1, 0.15) is 12.6 Å². The quantitative estimate of drug-likeness (QED) is 0.770. The number of carbonyl (C=O) groups excluding carboxylic acids is 2. The van der Waals surface area contributed by atoms with Gasteiger partial charge in [0.2, 0.25) is 5.91 Å². The van der Waals surface area contributed by atoms with Gasteiger partial charge in [0.05, 0.1) is 0 Å². The molecule has 0 bridgehead atoms. The standard InChI is InChI=1S/C22H27N3O3/c1-17(23-22(27)28-16-19-7-3-2-4-8-19)21(26)24-20-11-9-18(10-12-20)15-25-13-5-6-14-25/h2-4,7-12,17H,5-6,13-16H2,1H3,(H,23,27)(H,24,26). The van der Waals surface area contributed by atoms with Crippen LogP contribution >= 0.6 is 0 Å². The number of rotatable bonds is 7. The summed E-state index contributed by atoms with van der Waals surface area (Å²) in [5.41, 5.74) is 2.83. The fourth-order valence-electron chi connectivity index (χ4n) is 3.15. The van der Waals surface area contributed by atoms with Crippen LogP contribution in [0.4, 0.5) is 10.5 Å². The molecule has 0 aliphatic carbocycles. The number of alkyl carbamates (subject to hydrolysis) is 1. The molecule has 0 saturated carbocycles. The molecule has 0 spiro atoms. The molecule has 2 aromatic carbocycles. The van der Waals surface area contributed by atoms with Gasteiger partial charge in [-0.3, -0.25) is 9.69 Å². The molecule has 1 fully saturated rings. The van der Waals surface area contributed by atoms with Crippen molar-refractivity contribution in [3.05, 3.63) is 65.7 Å². The third kappa shape index (κ3) is 6.09. The third-order valence-corrected chi connectivity index (χ3v) is 4.77. The van der Waals surface area contributed by atoms with Gasteiger partial charge in [-0.1, -0.05) is 42.5 Å². The molecule has 3 rings (SSSR count). The molecule has 6 nitrogen and oxygen atoms in total. The molecule has 6 heteroatoms. The Kier molecular flexibility index (Phi) is 7.03. The van der Waals surface area contributed by atoms with Crippen LogP contribution in [0.25, 0.3) is 0 Å². The number of anilines is 1. The number of nitrogens with zero attached hydrogens (tertiary/aromatic N) is 1. The number of likely N-dealkylation sites (tertiary alicyclic amines) is 1. The van der Waals surface area contributed by atoms with Crippen LogP contribution in [0.1, 0.15) is 30.9 Å². The van der Waals surface area contributed by atoms with Gasteiger partial charge in [0.25, 0.3) is 0 Å². The fourth-order valence-corrected chi connectivity index (χ4v) is 3.15. The zero-order chi connectivity index (χ0) is 19.8. The zero-order valence-corrected chi connectivity index (χ0v) is 16.2. The maximum Gasteiger partial charge on any atom is 0.408 e. The lowest BCUT2D eigenvalue weighted by Gasteiger charge is -2.16. The second-order valence-electron chi connectivity index (χ2n) is 7.10. The molecule has 28 heavy (non-hydrogen) atoms. The highest BCUT2D eigenvalue weighted by Gasteiger charge is 2.17. The minimum absolute atomic E-state index is 0.166. The van der Waals surface area contributed by atoms with Crippen LogP contribution in [0.5, 0.6) is 0 Å². The van der Waals surface area contributed by atoms with Crippen molar-refractivity contribution in [2.75, 3.05) is 18.4 Å². The van der Waals surface area contributed by atoms with Gasteiger partial charge < -0.3 is 15.4 Å². The molecule has 0 aromatic heterocycles. The van der Waals surface area contributed by atoms with Crippen molar-refractivity contribution < 1.29 is 14.3 Å². The van der Waals surface area contributed by atoms with Gasteiger partial charge in [0.15, 0.2) is 0 Å². The van der Waals surface area contributed by atoms with Gasteiger partial charge in [-0.2, -0.15) is 0 Å². The lowest BCUT2D eigenvalue weighted by atomic mass is 10.2. The van der Waals surface area contributed by atoms with Crippen molar-refractivity contribution >= 4 is 17.7 Å². The summed E-state index contributed by atoms with van der Waals surface area (Å²) < 4.78 is 5.14. The molecule has 0 radical (unpaired) electrons. The summed E-state index contributed by atoms with van der Waals surface area (Å²) in [4.78, 5) is 26.6. The van der Waals surface area contributed by atoms with Gasteiger partial charge in [-0.05, 0) is 56.1 Å².